The summed E-state index contributed by atoms with van der Waals surface area (Å²) >= 11 is 0. The van der Waals surface area contributed by atoms with Crippen molar-refractivity contribution in [3.05, 3.63) is 188 Å². The van der Waals surface area contributed by atoms with Crippen LogP contribution in [0.3, 0.4) is 0 Å². The molecule has 0 fully saturated rings. The molecule has 9 rings (SSSR count). The zero-order valence-electron chi connectivity index (χ0n) is 62.7. The maximum atomic E-state index is 14.5. The van der Waals surface area contributed by atoms with E-state index in [4.69, 9.17) is 56.8 Å². The second-order valence-electron chi connectivity index (χ2n) is 25.0. The Hall–Kier alpha value is -12.6. The van der Waals surface area contributed by atoms with E-state index in [0.717, 1.165) is 0 Å². The third-order valence-corrected chi connectivity index (χ3v) is 17.1. The van der Waals surface area contributed by atoms with Gasteiger partial charge in [-0.25, -0.2) is 0 Å². The maximum Gasteiger partial charge on any atom is 0.248 e. The van der Waals surface area contributed by atoms with Crippen LogP contribution < -0.4 is 78.1 Å². The highest BCUT2D eigenvalue weighted by Gasteiger charge is 2.27. The van der Waals surface area contributed by atoms with Gasteiger partial charge in [0.25, 0.3) is 0 Å². The number of hydrogen-bond donors (Lipinski definition) is 8. The summed E-state index contributed by atoms with van der Waals surface area (Å²) in [5, 5.41) is 55.3. The van der Waals surface area contributed by atoms with E-state index >= 15 is 0 Å². The highest BCUT2D eigenvalue weighted by Crippen LogP contribution is 2.46. The average molecular weight is 1480 g/mol. The number of rotatable bonds is 32. The molecule has 0 unspecified atom stereocenters. The van der Waals surface area contributed by atoms with E-state index < -0.39 is 23.6 Å². The molecule has 24 heteroatoms. The van der Waals surface area contributed by atoms with Crippen LogP contribution in [0.5, 0.6) is 92.0 Å². The fourth-order valence-electron chi connectivity index (χ4n) is 12.2. The Morgan fingerprint density at radius 1 is 0.287 bits per heavy atom. The normalized spacial score (nSPS) is 11.8. The van der Waals surface area contributed by atoms with Gasteiger partial charge in [0.15, 0.2) is 46.0 Å². The van der Waals surface area contributed by atoms with E-state index in [1.807, 2.05) is 76.2 Å². The summed E-state index contributed by atoms with van der Waals surface area (Å²) in [4.78, 5) is 57.9. The number of aromatic hydroxyl groups is 4. The van der Waals surface area contributed by atoms with Gasteiger partial charge >= 0.3 is 0 Å². The molecule has 8 bridgehead atoms. The smallest absolute Gasteiger partial charge is 0.248 e. The molecule has 8 N–H and O–H groups in total. The number of amides is 4. The second-order valence-corrected chi connectivity index (χ2v) is 25.0. The van der Waals surface area contributed by atoms with Crippen molar-refractivity contribution in [2.24, 2.45) is 0 Å². The highest BCUT2D eigenvalue weighted by atomic mass is 16.5. The molecular formula is C84H92N4O20. The summed E-state index contributed by atoms with van der Waals surface area (Å²) in [5.74, 6) is 0.0253. The number of methoxy groups -OCH3 is 8. The average Bonchev–Trinajstić information content (AvgIpc) is 0.769. The van der Waals surface area contributed by atoms with Crippen molar-refractivity contribution >= 4 is 70.7 Å². The van der Waals surface area contributed by atoms with Gasteiger partial charge in [-0.2, -0.15) is 0 Å². The van der Waals surface area contributed by atoms with Crippen LogP contribution in [0.4, 0.5) is 22.7 Å². The molecule has 0 saturated carbocycles. The van der Waals surface area contributed by atoms with Gasteiger partial charge in [-0.15, -0.1) is 0 Å². The summed E-state index contributed by atoms with van der Waals surface area (Å²) < 4.78 is 71.0. The summed E-state index contributed by atoms with van der Waals surface area (Å²) in [5.41, 5.74) is 8.16. The van der Waals surface area contributed by atoms with Gasteiger partial charge in [-0.05, 0) is 169 Å². The van der Waals surface area contributed by atoms with Crippen LogP contribution >= 0.6 is 0 Å². The number of carbonyl (C=O) groups is 4. The van der Waals surface area contributed by atoms with Gasteiger partial charge in [0.2, 0.25) is 46.6 Å². The molecule has 1 aliphatic carbocycles. The number of hydrogen-bond acceptors (Lipinski definition) is 20. The van der Waals surface area contributed by atoms with Crippen molar-refractivity contribution in [3.63, 3.8) is 0 Å². The fourth-order valence-corrected chi connectivity index (χ4v) is 12.2. The minimum Gasteiger partial charge on any atom is -0.502 e. The van der Waals surface area contributed by atoms with Crippen LogP contribution in [0.25, 0.3) is 24.3 Å². The number of nitrogens with one attached hydrogen (secondary N) is 4. The van der Waals surface area contributed by atoms with Crippen LogP contribution in [0.2, 0.25) is 0 Å². The van der Waals surface area contributed by atoms with E-state index in [1.54, 1.807) is 72.8 Å². The van der Waals surface area contributed by atoms with E-state index in [2.05, 4.69) is 21.3 Å². The first-order chi connectivity index (χ1) is 52.2. The van der Waals surface area contributed by atoms with Crippen LogP contribution in [-0.4, -0.2) is 127 Å². The minimum absolute atomic E-state index is 0.0642. The van der Waals surface area contributed by atoms with Crippen LogP contribution in [0.1, 0.15) is 120 Å². The number of carbonyl (C=O) groups excluding carboxylic acids is 4. The van der Waals surface area contributed by atoms with Crippen LogP contribution in [-0.2, 0) is 44.9 Å². The molecule has 0 radical (unpaired) electrons. The molecule has 108 heavy (non-hydrogen) atoms. The van der Waals surface area contributed by atoms with E-state index in [1.165, 1.54) is 81.2 Å². The van der Waals surface area contributed by atoms with E-state index in [-0.39, 0.29) is 121 Å². The molecule has 0 atom stereocenters. The Morgan fingerprint density at radius 2 is 0.444 bits per heavy atom. The first kappa shape index (κ1) is 79.5. The number of anilines is 4. The first-order valence-corrected chi connectivity index (χ1v) is 35.1. The summed E-state index contributed by atoms with van der Waals surface area (Å²) in [7, 11) is 11.2. The van der Waals surface area contributed by atoms with Gasteiger partial charge in [0.05, 0.1) is 83.3 Å². The lowest BCUT2D eigenvalue weighted by molar-refractivity contribution is -0.112. The molecule has 8 aromatic rings. The molecule has 0 aromatic heterocycles. The molecule has 0 spiro atoms. The summed E-state index contributed by atoms with van der Waals surface area (Å²) in [6.07, 6.45) is 14.2. The third kappa shape index (κ3) is 20.1. The fraction of sp³-hybridized carbons (Fsp3) is 0.286. The predicted octanol–water partition coefficient (Wildman–Crippen LogP) is 15.0. The van der Waals surface area contributed by atoms with E-state index in [0.29, 0.717) is 138 Å². The standard InChI is InChI=1S/C84H92N4O20/c1-13-25-105-81-53-37-55-43-62(86-74(90)22-18-50-31-67(99-7)78(94)68(32-50)100-8)45-57(82(55)106-26-14-2)39-59-47-64(88-76(92)24-20-52-35-71(103-11)80(96)72(36-52)104-12)48-60(84(59)108-28-16-4)40-58-46-63(87-75(91)23-19-51-33-69(101-9)79(95)70(34-51)102-10)44-56(83(58)107-27-15-3)38-54(81)42-61(41-53)85-73(89)21-17-49-29-65(97-5)77(93)66(30-49)98-6/h17-24,29-36,41-48,93-96H,13-16,25-28,37-40H2,1-12H3,(H,85,89)(H,86,90)(H,87,91)(H,88,92)/b21-17+,22-18+,23-19+,24-20+. The van der Waals surface area contributed by atoms with Crippen molar-refractivity contribution < 1.29 is 96.4 Å². The molecule has 1 aliphatic rings. The molecule has 0 saturated heterocycles. The zero-order chi connectivity index (χ0) is 77.6. The van der Waals surface area contributed by atoms with Gasteiger partial charge in [0.1, 0.15) is 23.0 Å². The number of benzene rings is 8. The van der Waals surface area contributed by atoms with Crippen molar-refractivity contribution in [2.45, 2.75) is 79.1 Å². The van der Waals surface area contributed by atoms with Crippen molar-refractivity contribution in [3.8, 4) is 92.0 Å². The molecule has 8 aromatic carbocycles. The largest absolute Gasteiger partial charge is 0.502 e. The SMILES string of the molecule is CCCOc1c2cc(NC(=O)/C=C/c3cc(OC)c(O)c(OC)c3)cc1Cc1cc(NC(=O)/C=C/c3cc(OC)c(O)c(OC)c3)cc(c1OCCC)Cc1cc(NC(=O)/C=C/c3cc(OC)c(O)c(OC)c3)cc(c1OCCC)Cc1cc(NC(=O)/C=C/c3cc(OC)c(O)c(OC)c3)cc(c1OCCC)C2. The number of ether oxygens (including phenoxy) is 12. The highest BCUT2D eigenvalue weighted by molar-refractivity contribution is 6.05. The Kier molecular flexibility index (Phi) is 27.9. The lowest BCUT2D eigenvalue weighted by atomic mass is 9.90. The lowest BCUT2D eigenvalue weighted by Crippen LogP contribution is -2.14. The minimum atomic E-state index is -0.526. The topological polar surface area (TPSA) is 308 Å². The van der Waals surface area contributed by atoms with Gasteiger partial charge < -0.3 is 98.5 Å². The maximum absolute atomic E-state index is 14.5. The summed E-state index contributed by atoms with van der Waals surface area (Å²) in [6.45, 7) is 8.99. The van der Waals surface area contributed by atoms with Crippen molar-refractivity contribution in [1.82, 2.24) is 0 Å². The molecule has 4 amide bonds. The lowest BCUT2D eigenvalue weighted by Gasteiger charge is -2.25. The van der Waals surface area contributed by atoms with Gasteiger partial charge in [-0.3, -0.25) is 19.2 Å². The van der Waals surface area contributed by atoms with Crippen molar-refractivity contribution in [1.29, 1.82) is 0 Å². The number of phenolic OH excluding ortho intramolecular Hbond substituents is 4. The number of phenols is 4. The zero-order valence-corrected chi connectivity index (χ0v) is 62.7. The Bertz CT molecular complexity index is 3950. The molecular weight excluding hydrogens is 1380 g/mol. The third-order valence-electron chi connectivity index (χ3n) is 17.1. The second kappa shape index (κ2) is 37.9. The van der Waals surface area contributed by atoms with Gasteiger partial charge in [-0.1, -0.05) is 27.7 Å². The Balaban J connectivity index is 1.31. The number of fused-ring (bicyclic) bond motifs is 8. The quantitative estimate of drug-likeness (QED) is 0.0182. The first-order valence-electron chi connectivity index (χ1n) is 35.1. The van der Waals surface area contributed by atoms with Gasteiger partial charge in [0, 0.05) is 117 Å². The predicted molar refractivity (Wildman–Crippen MR) is 416 cm³/mol. The van der Waals surface area contributed by atoms with Crippen LogP contribution in [0.15, 0.2) is 121 Å². The van der Waals surface area contributed by atoms with Crippen molar-refractivity contribution in [2.75, 3.05) is 105 Å². The molecule has 568 valence electrons. The monoisotopic (exact) mass is 1480 g/mol. The summed E-state index contributed by atoms with van der Waals surface area (Å²) in [6, 6.07) is 27.1. The molecule has 0 heterocycles. The Labute approximate surface area is 628 Å². The molecule has 24 nitrogen and oxygen atoms in total. The Morgan fingerprint density at radius 3 is 0.583 bits per heavy atom. The molecule has 0 aliphatic heterocycles. The van der Waals surface area contributed by atoms with Crippen LogP contribution in [0, 0.1) is 0 Å². The van der Waals surface area contributed by atoms with E-state index in [9.17, 15) is 39.6 Å².